The van der Waals surface area contributed by atoms with Gasteiger partial charge in [-0.25, -0.2) is 0 Å². The first kappa shape index (κ1) is 38.6. The van der Waals surface area contributed by atoms with Gasteiger partial charge < -0.3 is 13.7 Å². The largest absolute Gasteiger partial charge is 0.456 e. The van der Waals surface area contributed by atoms with E-state index in [9.17, 15) is 0 Å². The molecule has 3 nitrogen and oxygen atoms in total. The van der Waals surface area contributed by atoms with Crippen LogP contribution >= 0.6 is 0 Å². The highest BCUT2D eigenvalue weighted by atomic mass is 16.3. The van der Waals surface area contributed by atoms with Crippen LogP contribution < -0.4 is 4.90 Å². The molecule has 0 fully saturated rings. The van der Waals surface area contributed by atoms with Gasteiger partial charge in [0, 0.05) is 44.0 Å². The lowest BCUT2D eigenvalue weighted by atomic mass is 9.81. The topological polar surface area (TPSA) is 29.5 Å². The van der Waals surface area contributed by atoms with Crippen LogP contribution in [0, 0.1) is 0 Å². The fourth-order valence-corrected chi connectivity index (χ4v) is 11.2. The molecule has 320 valence electrons. The average Bonchev–Trinajstić information content (AvgIpc) is 4.04. The fraction of sp³-hybridized carbons (Fsp3) is 0.0462. The molecule has 0 amide bonds. The van der Waals surface area contributed by atoms with Crippen molar-refractivity contribution in [3.63, 3.8) is 0 Å². The third-order valence-electron chi connectivity index (χ3n) is 14.7. The third-order valence-corrected chi connectivity index (χ3v) is 14.7. The fourth-order valence-electron chi connectivity index (χ4n) is 11.2. The molecule has 13 aromatic rings. The van der Waals surface area contributed by atoms with E-state index < -0.39 is 0 Å². The van der Waals surface area contributed by atoms with Gasteiger partial charge in [0.05, 0.1) is 0 Å². The Labute approximate surface area is 393 Å². The molecule has 0 atom stereocenters. The Kier molecular flexibility index (Phi) is 8.33. The van der Waals surface area contributed by atoms with E-state index in [1.165, 1.54) is 65.7 Å². The van der Waals surface area contributed by atoms with Crippen molar-refractivity contribution in [3.8, 4) is 44.5 Å². The summed E-state index contributed by atoms with van der Waals surface area (Å²) in [5.74, 6) is 0. The van der Waals surface area contributed by atoms with Crippen molar-refractivity contribution in [1.29, 1.82) is 0 Å². The van der Waals surface area contributed by atoms with Gasteiger partial charge in [0.2, 0.25) is 0 Å². The predicted octanol–water partition coefficient (Wildman–Crippen LogP) is 18.6. The second kappa shape index (κ2) is 14.7. The van der Waals surface area contributed by atoms with E-state index >= 15 is 0 Å². The molecule has 0 saturated heterocycles. The van der Waals surface area contributed by atoms with Crippen LogP contribution in [0.4, 0.5) is 17.1 Å². The number of fused-ring (bicyclic) bond motifs is 13. The van der Waals surface area contributed by atoms with Crippen LogP contribution in [-0.4, -0.2) is 0 Å². The predicted molar refractivity (Wildman–Crippen MR) is 285 cm³/mol. The van der Waals surface area contributed by atoms with Crippen LogP contribution in [0.5, 0.6) is 0 Å². The number of rotatable bonds is 6. The Morgan fingerprint density at radius 2 is 0.735 bits per heavy atom. The summed E-state index contributed by atoms with van der Waals surface area (Å²) in [5, 5.41) is 9.47. The minimum atomic E-state index is -0.200. The van der Waals surface area contributed by atoms with Gasteiger partial charge in [-0.2, -0.15) is 0 Å². The molecule has 1 aliphatic carbocycles. The number of hydrogen-bond donors (Lipinski definition) is 0. The van der Waals surface area contributed by atoms with Crippen molar-refractivity contribution in [2.75, 3.05) is 4.90 Å². The lowest BCUT2D eigenvalue weighted by molar-refractivity contribution is 0.660. The molecule has 0 saturated carbocycles. The second-order valence-corrected chi connectivity index (χ2v) is 18.9. The zero-order chi connectivity index (χ0) is 45.1. The second-order valence-electron chi connectivity index (χ2n) is 18.9. The summed E-state index contributed by atoms with van der Waals surface area (Å²) in [6, 6.07) is 81.4. The first-order valence-corrected chi connectivity index (χ1v) is 23.5. The summed E-state index contributed by atoms with van der Waals surface area (Å²) < 4.78 is 13.0. The van der Waals surface area contributed by atoms with Crippen LogP contribution in [0.25, 0.3) is 110 Å². The summed E-state index contributed by atoms with van der Waals surface area (Å²) >= 11 is 0. The summed E-state index contributed by atoms with van der Waals surface area (Å²) in [7, 11) is 0. The van der Waals surface area contributed by atoms with Gasteiger partial charge in [0.15, 0.2) is 0 Å². The van der Waals surface area contributed by atoms with Crippen molar-refractivity contribution in [1.82, 2.24) is 0 Å². The smallest absolute Gasteiger partial charge is 0.136 e. The molecule has 0 aliphatic heterocycles. The molecule has 2 aromatic heterocycles. The molecule has 0 spiro atoms. The van der Waals surface area contributed by atoms with E-state index in [0.717, 1.165) is 72.4 Å². The third kappa shape index (κ3) is 5.92. The first-order valence-electron chi connectivity index (χ1n) is 23.5. The van der Waals surface area contributed by atoms with E-state index in [1.807, 2.05) is 0 Å². The van der Waals surface area contributed by atoms with Crippen molar-refractivity contribution in [3.05, 3.63) is 236 Å². The quantitative estimate of drug-likeness (QED) is 0.167. The highest BCUT2D eigenvalue weighted by Crippen LogP contribution is 2.52. The molecule has 0 N–H and O–H groups in total. The zero-order valence-electron chi connectivity index (χ0n) is 37.6. The maximum atomic E-state index is 6.48. The number of hydrogen-bond acceptors (Lipinski definition) is 3. The molecule has 11 aromatic carbocycles. The van der Waals surface area contributed by atoms with Crippen LogP contribution in [-0.2, 0) is 5.41 Å². The van der Waals surface area contributed by atoms with Crippen LogP contribution in [0.2, 0.25) is 0 Å². The Morgan fingerprint density at radius 3 is 1.29 bits per heavy atom. The molecule has 0 bridgehead atoms. The Morgan fingerprint density at radius 1 is 0.309 bits per heavy atom. The van der Waals surface area contributed by atoms with E-state index in [-0.39, 0.29) is 5.41 Å². The van der Waals surface area contributed by atoms with Crippen molar-refractivity contribution in [2.45, 2.75) is 19.3 Å². The van der Waals surface area contributed by atoms with Gasteiger partial charge in [-0.05, 0) is 156 Å². The van der Waals surface area contributed by atoms with Gasteiger partial charge in [0.1, 0.15) is 22.3 Å². The van der Waals surface area contributed by atoms with Gasteiger partial charge in [-0.1, -0.05) is 159 Å². The summed E-state index contributed by atoms with van der Waals surface area (Å²) in [6.07, 6.45) is 0. The monoisotopic (exact) mass is 869 g/mol. The lowest BCUT2D eigenvalue weighted by Gasteiger charge is -2.28. The van der Waals surface area contributed by atoms with Gasteiger partial charge in [-0.3, -0.25) is 0 Å². The first-order chi connectivity index (χ1) is 33.4. The van der Waals surface area contributed by atoms with E-state index in [0.29, 0.717) is 0 Å². The minimum Gasteiger partial charge on any atom is -0.456 e. The summed E-state index contributed by atoms with van der Waals surface area (Å²) in [6.45, 7) is 4.74. The molecule has 68 heavy (non-hydrogen) atoms. The van der Waals surface area contributed by atoms with Crippen molar-refractivity contribution >= 4 is 82.5 Å². The Bertz CT molecular complexity index is 3960. The summed E-state index contributed by atoms with van der Waals surface area (Å²) in [5.41, 5.74) is 18.9. The molecule has 2 heterocycles. The Hall–Kier alpha value is -8.66. The molecule has 14 rings (SSSR count). The number of furan rings is 2. The highest BCUT2D eigenvalue weighted by Gasteiger charge is 2.36. The van der Waals surface area contributed by atoms with Gasteiger partial charge in [0.25, 0.3) is 0 Å². The average molecular weight is 870 g/mol. The molecular weight excluding hydrogens is 827 g/mol. The van der Waals surface area contributed by atoms with Crippen molar-refractivity contribution in [2.24, 2.45) is 0 Å². The Balaban J connectivity index is 0.854. The highest BCUT2D eigenvalue weighted by molar-refractivity contribution is 6.20. The van der Waals surface area contributed by atoms with Crippen LogP contribution in [0.3, 0.4) is 0 Å². The summed E-state index contributed by atoms with van der Waals surface area (Å²) in [4.78, 5) is 2.39. The van der Waals surface area contributed by atoms with E-state index in [2.05, 4.69) is 243 Å². The normalized spacial score (nSPS) is 13.0. The van der Waals surface area contributed by atoms with Crippen molar-refractivity contribution < 1.29 is 8.83 Å². The van der Waals surface area contributed by atoms with E-state index in [4.69, 9.17) is 8.83 Å². The minimum absolute atomic E-state index is 0.200. The lowest BCUT2D eigenvalue weighted by Crippen LogP contribution is -2.16. The molecule has 0 radical (unpaired) electrons. The number of nitrogens with zero attached hydrogens (tertiary/aromatic N) is 1. The van der Waals surface area contributed by atoms with Gasteiger partial charge in [-0.15, -0.1) is 0 Å². The van der Waals surface area contributed by atoms with Crippen LogP contribution in [0.1, 0.15) is 25.0 Å². The maximum absolute atomic E-state index is 6.48. The molecule has 0 unspecified atom stereocenters. The maximum Gasteiger partial charge on any atom is 0.136 e. The van der Waals surface area contributed by atoms with E-state index in [1.54, 1.807) is 0 Å². The van der Waals surface area contributed by atoms with Gasteiger partial charge >= 0.3 is 0 Å². The number of anilines is 3. The standard InChI is InChI=1S/C65H43NO2/c1-65(2)57-36-45(40-10-4-3-5-11-40)20-30-53(57)54-33-29-50(39-58(54)65)66(48-25-16-41(17-26-48)46-21-31-55-61(37-46)67-59-34-23-43-12-6-8-14-51(43)63(55)59)49-27-18-42(19-28-49)47-22-32-56-62(38-47)68-60-35-24-44-13-7-9-15-52(44)64(56)60/h3-39H,1-2H3. The zero-order valence-corrected chi connectivity index (χ0v) is 37.6. The molecule has 3 heteroatoms. The van der Waals surface area contributed by atoms with Crippen LogP contribution in [0.15, 0.2) is 233 Å². The molecular formula is C65H43NO2. The number of benzene rings is 11. The SMILES string of the molecule is CC1(C)c2cc(-c3ccccc3)ccc2-c2ccc(N(c3ccc(-c4ccc5c(c4)oc4ccc6ccccc6c45)cc3)c3ccc(-c4ccc5c(c4)oc4ccc6ccccc6c45)cc3)cc21. The molecule has 1 aliphatic rings.